The molecule has 2 aromatic carbocycles. The minimum Gasteiger partial charge on any atom is -0.489 e. The van der Waals surface area contributed by atoms with Crippen LogP contribution in [-0.4, -0.2) is 9.97 Å². The summed E-state index contributed by atoms with van der Waals surface area (Å²) in [6.45, 7) is 9.57. The van der Waals surface area contributed by atoms with Crippen LogP contribution in [0.3, 0.4) is 0 Å². The van der Waals surface area contributed by atoms with Crippen molar-refractivity contribution in [3.8, 4) is 28.4 Å². The molecule has 6 heteroatoms. The number of nitrogens with one attached hydrogen (secondary N) is 1. The molecule has 0 aliphatic heterocycles. The lowest BCUT2D eigenvalue weighted by Crippen LogP contribution is -1.97. The van der Waals surface area contributed by atoms with Gasteiger partial charge in [-0.05, 0) is 53.8 Å². The van der Waals surface area contributed by atoms with Crippen LogP contribution in [0.5, 0.6) is 5.75 Å². The Hall–Kier alpha value is -3.07. The first kappa shape index (κ1) is 19.7. The number of aromatic amines is 1. The molecule has 0 unspecified atom stereocenters. The summed E-state index contributed by atoms with van der Waals surface area (Å²) >= 11 is 1.66. The zero-order chi connectivity index (χ0) is 18.6. The van der Waals surface area contributed by atoms with E-state index in [0.29, 0.717) is 12.3 Å². The Labute approximate surface area is 174 Å². The molecule has 4 nitrogen and oxygen atoms in total. The van der Waals surface area contributed by atoms with Crippen molar-refractivity contribution in [3.63, 3.8) is 0 Å². The van der Waals surface area contributed by atoms with E-state index in [1.165, 1.54) is 0 Å². The highest BCUT2D eigenvalue weighted by Gasteiger charge is 2.08. The van der Waals surface area contributed by atoms with E-state index in [2.05, 4.69) is 32.3 Å². The summed E-state index contributed by atoms with van der Waals surface area (Å²) < 4.78 is 5.95. The molecule has 0 saturated carbocycles. The molecular formula is C22H18ClN3OS. The Morgan fingerprint density at radius 3 is 2.79 bits per heavy atom. The smallest absolute Gasteiger partial charge is 0.187 e. The van der Waals surface area contributed by atoms with Crippen molar-refractivity contribution >= 4 is 29.4 Å². The van der Waals surface area contributed by atoms with E-state index in [1.807, 2.05) is 48.8 Å². The van der Waals surface area contributed by atoms with Gasteiger partial charge >= 0.3 is 0 Å². The van der Waals surface area contributed by atoms with Gasteiger partial charge in [-0.1, -0.05) is 18.2 Å². The van der Waals surface area contributed by atoms with Gasteiger partial charge in [-0.25, -0.2) is 9.83 Å². The number of thiophene rings is 1. The van der Waals surface area contributed by atoms with Gasteiger partial charge in [0, 0.05) is 16.5 Å². The number of halogens is 1. The molecule has 0 aliphatic carbocycles. The van der Waals surface area contributed by atoms with E-state index in [1.54, 1.807) is 17.4 Å². The van der Waals surface area contributed by atoms with Crippen molar-refractivity contribution in [3.05, 3.63) is 88.0 Å². The second-order valence-electron chi connectivity index (χ2n) is 6.21. The van der Waals surface area contributed by atoms with Crippen molar-refractivity contribution in [2.24, 2.45) is 0 Å². The van der Waals surface area contributed by atoms with Crippen LogP contribution in [0.4, 0.5) is 5.69 Å². The average molecular weight is 408 g/mol. The lowest BCUT2D eigenvalue weighted by Gasteiger charge is -2.11. The predicted molar refractivity (Wildman–Crippen MR) is 116 cm³/mol. The van der Waals surface area contributed by atoms with Crippen LogP contribution >= 0.6 is 23.7 Å². The van der Waals surface area contributed by atoms with Gasteiger partial charge in [0.25, 0.3) is 0 Å². The number of hydrogen-bond acceptors (Lipinski definition) is 3. The van der Waals surface area contributed by atoms with E-state index in [-0.39, 0.29) is 12.4 Å². The molecule has 0 bridgehead atoms. The normalized spacial score (nSPS) is 10.1. The fourth-order valence-corrected chi connectivity index (χ4v) is 3.51. The van der Waals surface area contributed by atoms with Gasteiger partial charge in [-0.2, -0.15) is 11.3 Å². The molecular weight excluding hydrogens is 390 g/mol. The van der Waals surface area contributed by atoms with Crippen LogP contribution in [-0.2, 0) is 6.61 Å². The van der Waals surface area contributed by atoms with Crippen molar-refractivity contribution in [2.75, 3.05) is 0 Å². The van der Waals surface area contributed by atoms with E-state index in [0.717, 1.165) is 39.5 Å². The van der Waals surface area contributed by atoms with E-state index in [4.69, 9.17) is 11.3 Å². The summed E-state index contributed by atoms with van der Waals surface area (Å²) in [4.78, 5) is 11.3. The van der Waals surface area contributed by atoms with E-state index >= 15 is 0 Å². The second kappa shape index (κ2) is 8.75. The summed E-state index contributed by atoms with van der Waals surface area (Å²) in [5, 5.41) is 4.12. The third-order valence-electron chi connectivity index (χ3n) is 4.29. The Balaban J connectivity index is 0.00000225. The van der Waals surface area contributed by atoms with Crippen molar-refractivity contribution in [2.45, 2.75) is 13.5 Å². The highest BCUT2D eigenvalue weighted by atomic mass is 35.5. The number of H-pyrrole nitrogens is 1. The first-order valence-corrected chi connectivity index (χ1v) is 9.45. The number of aromatic nitrogens is 2. The zero-order valence-electron chi connectivity index (χ0n) is 15.2. The van der Waals surface area contributed by atoms with Gasteiger partial charge in [0.1, 0.15) is 18.2 Å². The molecule has 0 amide bonds. The van der Waals surface area contributed by atoms with Crippen LogP contribution in [0.2, 0.25) is 0 Å². The lowest BCUT2D eigenvalue weighted by molar-refractivity contribution is 0.304. The molecule has 0 aliphatic rings. The highest BCUT2D eigenvalue weighted by molar-refractivity contribution is 7.08. The molecule has 0 atom stereocenters. The molecule has 2 aromatic heterocycles. The Bertz CT molecular complexity index is 1110. The average Bonchev–Trinajstić information content (AvgIpc) is 3.38. The maximum Gasteiger partial charge on any atom is 0.187 e. The molecule has 0 saturated heterocycles. The minimum atomic E-state index is 0. The zero-order valence-corrected chi connectivity index (χ0v) is 16.8. The minimum absolute atomic E-state index is 0. The number of nitrogens with zero attached hydrogens (tertiary/aromatic N) is 2. The van der Waals surface area contributed by atoms with Crippen LogP contribution in [0.25, 0.3) is 27.5 Å². The summed E-state index contributed by atoms with van der Waals surface area (Å²) in [6.07, 6.45) is 1.86. The molecule has 2 heterocycles. The molecule has 0 radical (unpaired) electrons. The molecule has 0 spiro atoms. The molecule has 1 N–H and O–H groups in total. The Morgan fingerprint density at radius 1 is 1.14 bits per heavy atom. The summed E-state index contributed by atoms with van der Waals surface area (Å²) in [5.74, 6) is 1.72. The Kier molecular flexibility index (Phi) is 6.15. The standard InChI is InChI=1S/C22H17N3OS.ClH/c1-15-10-17(20-12-24-22(25-20)18-8-9-27-14-18)6-7-21(15)26-13-16-4-3-5-19(11-16)23-2;/h3-12,14H,13H2,1H3,(H,24,25);1H. The fraction of sp³-hybridized carbons (Fsp3) is 0.0909. The van der Waals surface area contributed by atoms with Gasteiger partial charge in [0.05, 0.1) is 18.5 Å². The largest absolute Gasteiger partial charge is 0.489 e. The van der Waals surface area contributed by atoms with Crippen molar-refractivity contribution < 1.29 is 4.74 Å². The second-order valence-corrected chi connectivity index (χ2v) is 6.99. The van der Waals surface area contributed by atoms with Gasteiger partial charge in [-0.15, -0.1) is 12.4 Å². The molecule has 4 rings (SSSR count). The molecule has 4 aromatic rings. The summed E-state index contributed by atoms with van der Waals surface area (Å²) in [5.41, 5.74) is 5.83. The van der Waals surface area contributed by atoms with Gasteiger partial charge in [0.15, 0.2) is 5.69 Å². The number of imidazole rings is 1. The number of benzene rings is 2. The van der Waals surface area contributed by atoms with E-state index < -0.39 is 0 Å². The van der Waals surface area contributed by atoms with Gasteiger partial charge in [-0.3, -0.25) is 0 Å². The maximum absolute atomic E-state index is 7.10. The quantitative estimate of drug-likeness (QED) is 0.375. The monoisotopic (exact) mass is 407 g/mol. The summed E-state index contributed by atoms with van der Waals surface area (Å²) in [7, 11) is 0. The topological polar surface area (TPSA) is 42.3 Å². The van der Waals surface area contributed by atoms with Crippen molar-refractivity contribution in [1.82, 2.24) is 9.97 Å². The number of aryl methyl sites for hydroxylation is 1. The predicted octanol–water partition coefficient (Wildman–Crippen LogP) is 6.67. The third-order valence-corrected chi connectivity index (χ3v) is 4.97. The SMILES string of the molecule is Cl.[C-]#[N+]c1cccc(COc2ccc(-c3cnc(-c4ccsc4)[nH]3)cc2C)c1. The van der Waals surface area contributed by atoms with Gasteiger partial charge in [0.2, 0.25) is 0 Å². The van der Waals surface area contributed by atoms with Crippen LogP contribution < -0.4 is 4.74 Å². The molecule has 140 valence electrons. The van der Waals surface area contributed by atoms with Crippen molar-refractivity contribution in [1.29, 1.82) is 0 Å². The highest BCUT2D eigenvalue weighted by Crippen LogP contribution is 2.28. The summed E-state index contributed by atoms with van der Waals surface area (Å²) in [6, 6.07) is 15.7. The lowest BCUT2D eigenvalue weighted by atomic mass is 10.1. The number of rotatable bonds is 5. The number of ether oxygens (including phenoxy) is 1. The van der Waals surface area contributed by atoms with Crippen LogP contribution in [0.15, 0.2) is 65.5 Å². The molecule has 28 heavy (non-hydrogen) atoms. The fourth-order valence-electron chi connectivity index (χ4n) is 2.87. The van der Waals surface area contributed by atoms with Crippen LogP contribution in [0.1, 0.15) is 11.1 Å². The van der Waals surface area contributed by atoms with Crippen LogP contribution in [0, 0.1) is 13.5 Å². The maximum atomic E-state index is 7.10. The third kappa shape index (κ3) is 4.25. The van der Waals surface area contributed by atoms with E-state index in [9.17, 15) is 0 Å². The first-order chi connectivity index (χ1) is 13.2. The molecule has 0 fully saturated rings. The Morgan fingerprint density at radius 2 is 2.04 bits per heavy atom. The first-order valence-electron chi connectivity index (χ1n) is 8.51. The number of hydrogen-bond donors (Lipinski definition) is 1. The van der Waals surface area contributed by atoms with Gasteiger partial charge < -0.3 is 9.72 Å².